The standard InChI is InChI=1S/C16H23N5OS/c1-3-21(12-7-5-4-6-8-12)15(22)11(2)23-16-19-13-9-17-10-18-14(13)20-16/h9-12H,3-8H2,1-2H3,(H,17,18,19,20)/t11-/m1/s1. The number of carbonyl (C=O) groups excluding carboxylic acids is 1. The van der Waals surface area contributed by atoms with Gasteiger partial charge in [-0.1, -0.05) is 31.0 Å². The molecule has 1 saturated carbocycles. The maximum absolute atomic E-state index is 12.8. The van der Waals surface area contributed by atoms with Gasteiger partial charge in [0, 0.05) is 12.6 Å². The molecular weight excluding hydrogens is 310 g/mol. The van der Waals surface area contributed by atoms with Crippen molar-refractivity contribution in [3.05, 3.63) is 12.5 Å². The average molecular weight is 333 g/mol. The highest BCUT2D eigenvalue weighted by Gasteiger charge is 2.28. The number of thioether (sulfide) groups is 1. The van der Waals surface area contributed by atoms with Crippen LogP contribution in [-0.2, 0) is 4.79 Å². The molecule has 0 bridgehead atoms. The van der Waals surface area contributed by atoms with Gasteiger partial charge in [-0.25, -0.2) is 15.0 Å². The summed E-state index contributed by atoms with van der Waals surface area (Å²) in [5.74, 6) is 0.205. The van der Waals surface area contributed by atoms with Crippen LogP contribution in [-0.4, -0.2) is 48.6 Å². The number of carbonyl (C=O) groups is 1. The summed E-state index contributed by atoms with van der Waals surface area (Å²) >= 11 is 1.46. The molecule has 0 unspecified atom stereocenters. The minimum atomic E-state index is -0.162. The van der Waals surface area contributed by atoms with Crippen LogP contribution in [0.15, 0.2) is 17.7 Å². The van der Waals surface area contributed by atoms with Crippen molar-refractivity contribution < 1.29 is 4.79 Å². The van der Waals surface area contributed by atoms with Gasteiger partial charge in [-0.3, -0.25) is 4.79 Å². The van der Waals surface area contributed by atoms with Gasteiger partial charge < -0.3 is 9.88 Å². The van der Waals surface area contributed by atoms with Gasteiger partial charge in [-0.05, 0) is 26.7 Å². The van der Waals surface area contributed by atoms with Gasteiger partial charge >= 0.3 is 0 Å². The predicted octanol–water partition coefficient (Wildman–Crippen LogP) is 3.01. The van der Waals surface area contributed by atoms with Crippen molar-refractivity contribution in [2.75, 3.05) is 6.54 Å². The molecule has 2 aromatic heterocycles. The lowest BCUT2D eigenvalue weighted by Crippen LogP contribution is -2.44. The fourth-order valence-corrected chi connectivity index (χ4v) is 4.11. The molecule has 0 radical (unpaired) electrons. The zero-order valence-corrected chi connectivity index (χ0v) is 14.5. The van der Waals surface area contributed by atoms with Crippen LogP contribution in [0.3, 0.4) is 0 Å². The Morgan fingerprint density at radius 1 is 1.43 bits per heavy atom. The second-order valence-electron chi connectivity index (χ2n) is 5.98. The van der Waals surface area contributed by atoms with E-state index in [-0.39, 0.29) is 11.2 Å². The minimum Gasteiger partial charge on any atom is -0.339 e. The van der Waals surface area contributed by atoms with Gasteiger partial charge in [0.05, 0.1) is 11.4 Å². The van der Waals surface area contributed by atoms with Crippen LogP contribution in [0.4, 0.5) is 0 Å². The van der Waals surface area contributed by atoms with E-state index in [2.05, 4.69) is 31.8 Å². The second-order valence-corrected chi connectivity index (χ2v) is 7.31. The van der Waals surface area contributed by atoms with Crippen LogP contribution >= 0.6 is 11.8 Å². The first kappa shape index (κ1) is 16.2. The fraction of sp³-hybridized carbons (Fsp3) is 0.625. The van der Waals surface area contributed by atoms with E-state index in [1.807, 2.05) is 6.92 Å². The van der Waals surface area contributed by atoms with Gasteiger partial charge in [-0.2, -0.15) is 0 Å². The molecule has 1 aliphatic carbocycles. The molecule has 2 aromatic rings. The van der Waals surface area contributed by atoms with Crippen molar-refractivity contribution in [1.29, 1.82) is 0 Å². The van der Waals surface area contributed by atoms with Crippen molar-refractivity contribution >= 4 is 28.8 Å². The Balaban J connectivity index is 1.68. The first-order valence-electron chi connectivity index (χ1n) is 8.32. The Labute approximate surface area is 140 Å². The van der Waals surface area contributed by atoms with Crippen molar-refractivity contribution in [2.24, 2.45) is 0 Å². The molecule has 0 spiro atoms. The summed E-state index contributed by atoms with van der Waals surface area (Å²) in [7, 11) is 0. The summed E-state index contributed by atoms with van der Waals surface area (Å²) in [5.41, 5.74) is 1.44. The third kappa shape index (κ3) is 3.65. The topological polar surface area (TPSA) is 74.8 Å². The fourth-order valence-electron chi connectivity index (χ4n) is 3.23. The van der Waals surface area contributed by atoms with Gasteiger partial charge in [0.2, 0.25) is 5.91 Å². The van der Waals surface area contributed by atoms with Crippen molar-refractivity contribution in [3.63, 3.8) is 0 Å². The Morgan fingerprint density at radius 2 is 2.22 bits per heavy atom. The number of H-pyrrole nitrogens is 1. The number of amides is 1. The highest BCUT2D eigenvalue weighted by Crippen LogP contribution is 2.27. The van der Waals surface area contributed by atoms with Crippen molar-refractivity contribution in [2.45, 2.75) is 62.4 Å². The summed E-state index contributed by atoms with van der Waals surface area (Å²) in [4.78, 5) is 30.6. The number of rotatable bonds is 5. The summed E-state index contributed by atoms with van der Waals surface area (Å²) in [6, 6.07) is 0.408. The molecule has 1 aliphatic rings. The summed E-state index contributed by atoms with van der Waals surface area (Å²) in [6.07, 6.45) is 9.22. The van der Waals surface area contributed by atoms with Gasteiger partial charge in [0.1, 0.15) is 11.8 Å². The molecule has 1 fully saturated rings. The molecule has 3 rings (SSSR count). The molecule has 0 aliphatic heterocycles. The molecule has 7 heteroatoms. The number of hydrogen-bond donors (Lipinski definition) is 1. The first-order chi connectivity index (χ1) is 11.2. The highest BCUT2D eigenvalue weighted by atomic mass is 32.2. The van der Waals surface area contributed by atoms with E-state index >= 15 is 0 Å². The van der Waals surface area contributed by atoms with E-state index in [0.29, 0.717) is 11.7 Å². The monoisotopic (exact) mass is 333 g/mol. The van der Waals surface area contributed by atoms with E-state index < -0.39 is 0 Å². The molecule has 124 valence electrons. The average Bonchev–Trinajstić information content (AvgIpc) is 2.98. The number of hydrogen-bond acceptors (Lipinski definition) is 5. The molecule has 2 heterocycles. The predicted molar refractivity (Wildman–Crippen MR) is 91.3 cm³/mol. The Kier molecular flexibility index (Phi) is 5.15. The van der Waals surface area contributed by atoms with Crippen molar-refractivity contribution in [1.82, 2.24) is 24.8 Å². The Bertz CT molecular complexity index is 634. The lowest BCUT2D eigenvalue weighted by atomic mass is 9.94. The number of nitrogens with one attached hydrogen (secondary N) is 1. The molecule has 1 N–H and O–H groups in total. The molecule has 6 nitrogen and oxygen atoms in total. The first-order valence-corrected chi connectivity index (χ1v) is 9.20. The third-order valence-electron chi connectivity index (χ3n) is 4.42. The Morgan fingerprint density at radius 3 is 2.91 bits per heavy atom. The zero-order valence-electron chi connectivity index (χ0n) is 13.7. The van der Waals surface area contributed by atoms with Gasteiger partial charge in [0.15, 0.2) is 10.8 Å². The summed E-state index contributed by atoms with van der Waals surface area (Å²) in [5, 5.41) is 0.562. The van der Waals surface area contributed by atoms with Crippen LogP contribution in [0, 0.1) is 0 Å². The van der Waals surface area contributed by atoms with Crippen LogP contribution in [0.2, 0.25) is 0 Å². The largest absolute Gasteiger partial charge is 0.339 e. The zero-order chi connectivity index (χ0) is 16.2. The van der Waals surface area contributed by atoms with Crippen LogP contribution < -0.4 is 0 Å². The lowest BCUT2D eigenvalue weighted by molar-refractivity contribution is -0.133. The molecule has 1 atom stereocenters. The maximum atomic E-state index is 12.8. The lowest BCUT2D eigenvalue weighted by Gasteiger charge is -2.35. The number of nitrogens with zero attached hydrogens (tertiary/aromatic N) is 4. The smallest absolute Gasteiger partial charge is 0.236 e. The summed E-state index contributed by atoms with van der Waals surface area (Å²) < 4.78 is 0. The Hall–Kier alpha value is -1.63. The number of fused-ring (bicyclic) bond motifs is 1. The van der Waals surface area contributed by atoms with Crippen LogP contribution in [0.25, 0.3) is 11.2 Å². The van der Waals surface area contributed by atoms with E-state index in [1.165, 1.54) is 37.4 Å². The number of imidazole rings is 1. The van der Waals surface area contributed by atoms with Crippen LogP contribution in [0.1, 0.15) is 46.0 Å². The molecule has 23 heavy (non-hydrogen) atoms. The molecular formula is C16H23N5OS. The highest BCUT2D eigenvalue weighted by molar-refractivity contribution is 8.00. The van der Waals surface area contributed by atoms with E-state index in [0.717, 1.165) is 30.1 Å². The molecule has 1 amide bonds. The summed E-state index contributed by atoms with van der Waals surface area (Å²) in [6.45, 7) is 4.80. The van der Waals surface area contributed by atoms with Crippen molar-refractivity contribution in [3.8, 4) is 0 Å². The number of aromatic amines is 1. The molecule has 0 saturated heterocycles. The SMILES string of the molecule is CCN(C(=O)[C@@H](C)Sc1nc2ncncc2[nH]1)C1CCCCC1. The minimum absolute atomic E-state index is 0.162. The van der Waals surface area contributed by atoms with E-state index in [4.69, 9.17) is 0 Å². The van der Waals surface area contributed by atoms with Crippen LogP contribution in [0.5, 0.6) is 0 Å². The third-order valence-corrected chi connectivity index (χ3v) is 5.39. The van der Waals surface area contributed by atoms with E-state index in [1.54, 1.807) is 6.20 Å². The second kappa shape index (κ2) is 7.29. The number of aromatic nitrogens is 4. The molecule has 0 aromatic carbocycles. The van der Waals surface area contributed by atoms with Gasteiger partial charge in [-0.15, -0.1) is 0 Å². The maximum Gasteiger partial charge on any atom is 0.236 e. The quantitative estimate of drug-likeness (QED) is 0.851. The van der Waals surface area contributed by atoms with Gasteiger partial charge in [0.25, 0.3) is 0 Å². The normalized spacial score (nSPS) is 17.3. The van der Waals surface area contributed by atoms with E-state index in [9.17, 15) is 4.79 Å².